The van der Waals surface area contributed by atoms with E-state index in [1.807, 2.05) is 12.1 Å². The van der Waals surface area contributed by atoms with Crippen LogP contribution < -0.4 is 22.3 Å². The lowest BCUT2D eigenvalue weighted by Crippen LogP contribution is -2.32. The fraction of sp³-hybridized carbons (Fsp3) is 0.450. The van der Waals surface area contributed by atoms with Crippen molar-refractivity contribution in [2.24, 2.45) is 28.3 Å². The molecule has 2 aromatic rings. The molecule has 0 saturated heterocycles. The summed E-state index contributed by atoms with van der Waals surface area (Å²) in [6.07, 6.45) is 7.92. The van der Waals surface area contributed by atoms with Crippen molar-refractivity contribution in [3.63, 3.8) is 0 Å². The zero-order valence-corrected chi connectivity index (χ0v) is 15.4. The zero-order chi connectivity index (χ0) is 19.2. The first-order valence-electron chi connectivity index (χ1n) is 9.52. The predicted octanol–water partition coefficient (Wildman–Crippen LogP) is 2.33. The molecule has 1 amide bonds. The zero-order valence-electron chi connectivity index (χ0n) is 15.4. The molecule has 1 atom stereocenters. The van der Waals surface area contributed by atoms with Crippen molar-refractivity contribution in [1.29, 1.82) is 0 Å². The van der Waals surface area contributed by atoms with Gasteiger partial charge in [0.05, 0.1) is 0 Å². The average molecular weight is 369 g/mol. The highest BCUT2D eigenvalue weighted by atomic mass is 16.2. The van der Waals surface area contributed by atoms with Gasteiger partial charge in [-0.2, -0.15) is 0 Å². The maximum atomic E-state index is 13.0. The molecular formula is C20H27N5O2. The molecule has 0 bridgehead atoms. The first kappa shape index (κ1) is 18.9. The quantitative estimate of drug-likeness (QED) is 0.460. The second-order valence-electron chi connectivity index (χ2n) is 7.20. The molecule has 1 heterocycles. The summed E-state index contributed by atoms with van der Waals surface area (Å²) >= 11 is 0. The Morgan fingerprint density at radius 3 is 2.74 bits per heavy atom. The third-order valence-electron chi connectivity index (χ3n) is 5.33. The monoisotopic (exact) mass is 369 g/mol. The summed E-state index contributed by atoms with van der Waals surface area (Å²) in [4.78, 5) is 31.5. The van der Waals surface area contributed by atoms with Crippen molar-refractivity contribution in [3.8, 4) is 0 Å². The summed E-state index contributed by atoms with van der Waals surface area (Å²) in [6.45, 7) is 0.448. The SMILES string of the molecule is NC(N)=NCCC(C(=O)Nc1ccc2c(=O)[nH]ccc2c1)C1CCCCC1. The van der Waals surface area contributed by atoms with E-state index in [1.54, 1.807) is 18.3 Å². The van der Waals surface area contributed by atoms with Crippen molar-refractivity contribution >= 4 is 28.3 Å². The topological polar surface area (TPSA) is 126 Å². The molecule has 1 aromatic carbocycles. The minimum atomic E-state index is -0.136. The maximum absolute atomic E-state index is 13.0. The Morgan fingerprint density at radius 2 is 2.00 bits per heavy atom. The van der Waals surface area contributed by atoms with E-state index in [1.165, 1.54) is 6.42 Å². The summed E-state index contributed by atoms with van der Waals surface area (Å²) in [6, 6.07) is 7.16. The molecule has 144 valence electrons. The number of carbonyl (C=O) groups is 1. The number of hydrogen-bond acceptors (Lipinski definition) is 3. The van der Waals surface area contributed by atoms with Crippen LogP contribution in [0.15, 0.2) is 40.2 Å². The van der Waals surface area contributed by atoms with E-state index in [2.05, 4.69) is 15.3 Å². The number of carbonyl (C=O) groups excluding carboxylic acids is 1. The van der Waals surface area contributed by atoms with Crippen molar-refractivity contribution in [2.75, 3.05) is 11.9 Å². The van der Waals surface area contributed by atoms with Gasteiger partial charge in [-0.15, -0.1) is 0 Å². The Kier molecular flexibility index (Phi) is 6.11. The minimum absolute atomic E-state index is 0.00289. The van der Waals surface area contributed by atoms with E-state index < -0.39 is 0 Å². The van der Waals surface area contributed by atoms with Crippen LogP contribution in [0.3, 0.4) is 0 Å². The van der Waals surface area contributed by atoms with Gasteiger partial charge in [0.1, 0.15) is 0 Å². The van der Waals surface area contributed by atoms with Gasteiger partial charge in [-0.1, -0.05) is 19.3 Å². The van der Waals surface area contributed by atoms with Crippen LogP contribution in [0, 0.1) is 11.8 Å². The Labute approximate surface area is 158 Å². The Bertz CT molecular complexity index is 879. The first-order chi connectivity index (χ1) is 13.0. The van der Waals surface area contributed by atoms with Crippen LogP contribution in [-0.4, -0.2) is 23.4 Å². The van der Waals surface area contributed by atoms with Crippen molar-refractivity contribution in [3.05, 3.63) is 40.8 Å². The number of aliphatic imine (C=N–C) groups is 1. The number of benzene rings is 1. The number of nitrogens with two attached hydrogens (primary N) is 2. The fourth-order valence-electron chi connectivity index (χ4n) is 3.96. The molecule has 27 heavy (non-hydrogen) atoms. The minimum Gasteiger partial charge on any atom is -0.370 e. The van der Waals surface area contributed by atoms with E-state index in [4.69, 9.17) is 11.5 Å². The van der Waals surface area contributed by atoms with Gasteiger partial charge < -0.3 is 21.8 Å². The van der Waals surface area contributed by atoms with Gasteiger partial charge in [-0.25, -0.2) is 0 Å². The highest BCUT2D eigenvalue weighted by molar-refractivity contribution is 5.95. The van der Waals surface area contributed by atoms with Crippen LogP contribution in [0.2, 0.25) is 0 Å². The number of guanidine groups is 1. The number of nitrogens with zero attached hydrogens (tertiary/aromatic N) is 1. The Hall–Kier alpha value is -2.83. The number of H-pyrrole nitrogens is 1. The van der Waals surface area contributed by atoms with Crippen LogP contribution in [0.25, 0.3) is 10.8 Å². The number of pyridine rings is 1. The summed E-state index contributed by atoms with van der Waals surface area (Å²) < 4.78 is 0. The smallest absolute Gasteiger partial charge is 0.255 e. The molecule has 6 N–H and O–H groups in total. The predicted molar refractivity (Wildman–Crippen MR) is 109 cm³/mol. The molecule has 1 aromatic heterocycles. The summed E-state index contributed by atoms with van der Waals surface area (Å²) in [5.74, 6) is 0.286. The molecular weight excluding hydrogens is 342 g/mol. The lowest BCUT2D eigenvalue weighted by molar-refractivity contribution is -0.122. The number of anilines is 1. The number of hydrogen-bond donors (Lipinski definition) is 4. The van der Waals surface area contributed by atoms with Crippen LogP contribution >= 0.6 is 0 Å². The highest BCUT2D eigenvalue weighted by Gasteiger charge is 2.29. The lowest BCUT2D eigenvalue weighted by Gasteiger charge is -2.29. The third-order valence-corrected chi connectivity index (χ3v) is 5.33. The second kappa shape index (κ2) is 8.70. The highest BCUT2D eigenvalue weighted by Crippen LogP contribution is 2.33. The number of fused-ring (bicyclic) bond motifs is 1. The van der Waals surface area contributed by atoms with Crippen molar-refractivity contribution in [1.82, 2.24) is 4.98 Å². The molecule has 1 saturated carbocycles. The van der Waals surface area contributed by atoms with Gasteiger partial charge in [0, 0.05) is 29.7 Å². The van der Waals surface area contributed by atoms with E-state index in [0.717, 1.165) is 31.1 Å². The van der Waals surface area contributed by atoms with E-state index in [0.29, 0.717) is 30.0 Å². The largest absolute Gasteiger partial charge is 0.370 e. The van der Waals surface area contributed by atoms with Crippen LogP contribution in [0.1, 0.15) is 38.5 Å². The molecule has 0 aliphatic heterocycles. The van der Waals surface area contributed by atoms with Crippen molar-refractivity contribution < 1.29 is 4.79 Å². The molecule has 0 spiro atoms. The number of amides is 1. The van der Waals surface area contributed by atoms with Crippen LogP contribution in [0.5, 0.6) is 0 Å². The summed E-state index contributed by atoms with van der Waals surface area (Å²) in [5, 5.41) is 4.43. The summed E-state index contributed by atoms with van der Waals surface area (Å²) in [5.41, 5.74) is 11.4. The number of aromatic amines is 1. The van der Waals surface area contributed by atoms with E-state index in [9.17, 15) is 9.59 Å². The standard InChI is InChI=1S/C20H27N5O2/c21-20(22)24-11-9-17(13-4-2-1-3-5-13)19(27)25-15-6-7-16-14(12-15)8-10-23-18(16)26/h6-8,10,12-13,17H,1-5,9,11H2,(H,23,26)(H,25,27)(H4,21,22,24). The first-order valence-corrected chi connectivity index (χ1v) is 9.52. The maximum Gasteiger partial charge on any atom is 0.255 e. The molecule has 7 nitrogen and oxygen atoms in total. The van der Waals surface area contributed by atoms with Crippen LogP contribution in [-0.2, 0) is 4.79 Å². The molecule has 1 aliphatic carbocycles. The number of rotatable bonds is 6. The average Bonchev–Trinajstić information content (AvgIpc) is 2.66. The Morgan fingerprint density at radius 1 is 1.22 bits per heavy atom. The molecule has 3 rings (SSSR count). The molecule has 1 aliphatic rings. The van der Waals surface area contributed by atoms with E-state index >= 15 is 0 Å². The van der Waals surface area contributed by atoms with Crippen LogP contribution in [0.4, 0.5) is 5.69 Å². The third kappa shape index (κ3) is 4.87. The van der Waals surface area contributed by atoms with Crippen molar-refractivity contribution in [2.45, 2.75) is 38.5 Å². The molecule has 1 fully saturated rings. The summed E-state index contributed by atoms with van der Waals surface area (Å²) in [7, 11) is 0. The van der Waals surface area contributed by atoms with E-state index in [-0.39, 0.29) is 23.3 Å². The van der Waals surface area contributed by atoms with Gasteiger partial charge in [0.2, 0.25) is 5.91 Å². The van der Waals surface area contributed by atoms with Gasteiger partial charge in [-0.05, 0) is 54.8 Å². The van der Waals surface area contributed by atoms with Gasteiger partial charge in [-0.3, -0.25) is 14.6 Å². The van der Waals surface area contributed by atoms with Gasteiger partial charge in [0.15, 0.2) is 5.96 Å². The molecule has 1 unspecified atom stereocenters. The van der Waals surface area contributed by atoms with Gasteiger partial charge >= 0.3 is 0 Å². The number of aromatic nitrogens is 1. The fourth-order valence-corrected chi connectivity index (χ4v) is 3.96. The lowest BCUT2D eigenvalue weighted by atomic mass is 9.78. The van der Waals surface area contributed by atoms with Gasteiger partial charge in [0.25, 0.3) is 5.56 Å². The normalized spacial score (nSPS) is 16.0. The Balaban J connectivity index is 1.76. The molecule has 0 radical (unpaired) electrons. The second-order valence-corrected chi connectivity index (χ2v) is 7.20. The molecule has 7 heteroatoms. The number of nitrogens with one attached hydrogen (secondary N) is 2.